The van der Waals surface area contributed by atoms with E-state index in [1.807, 2.05) is 6.92 Å². The second-order valence-electron chi connectivity index (χ2n) is 4.28. The highest BCUT2D eigenvalue weighted by atomic mass is 32.2. The highest BCUT2D eigenvalue weighted by Crippen LogP contribution is 2.19. The van der Waals surface area contributed by atoms with Gasteiger partial charge in [-0.1, -0.05) is 0 Å². The van der Waals surface area contributed by atoms with Crippen molar-refractivity contribution in [1.29, 1.82) is 0 Å². The zero-order valence-corrected chi connectivity index (χ0v) is 9.96. The number of hydrogen-bond donors (Lipinski definition) is 1. The van der Waals surface area contributed by atoms with Gasteiger partial charge in [0.1, 0.15) is 0 Å². The van der Waals surface area contributed by atoms with Gasteiger partial charge in [-0.25, -0.2) is 0 Å². The summed E-state index contributed by atoms with van der Waals surface area (Å²) in [6.07, 6.45) is 2.00. The van der Waals surface area contributed by atoms with Crippen LogP contribution in [0.2, 0.25) is 0 Å². The van der Waals surface area contributed by atoms with E-state index in [9.17, 15) is 8.42 Å². The number of hydrogen-bond acceptors (Lipinski definition) is 3. The summed E-state index contributed by atoms with van der Waals surface area (Å²) in [5, 5.41) is 3.20. The highest BCUT2D eigenvalue weighted by molar-refractivity contribution is 7.86. The van der Waals surface area contributed by atoms with E-state index in [1.54, 1.807) is 8.61 Å². The predicted molar refractivity (Wildman–Crippen MR) is 58.8 cm³/mol. The molecular weight excluding hydrogens is 214 g/mol. The Morgan fingerprint density at radius 1 is 1.20 bits per heavy atom. The Balaban J connectivity index is 2.12. The van der Waals surface area contributed by atoms with E-state index in [0.717, 1.165) is 25.9 Å². The SMILES string of the molecule is CC1CNCCN1S(=O)(=O)N1CCCC1. The van der Waals surface area contributed by atoms with Crippen LogP contribution in [-0.4, -0.2) is 55.8 Å². The van der Waals surface area contributed by atoms with E-state index >= 15 is 0 Å². The van der Waals surface area contributed by atoms with Crippen LogP contribution >= 0.6 is 0 Å². The minimum absolute atomic E-state index is 0.0735. The first-order chi connectivity index (χ1) is 7.12. The highest BCUT2D eigenvalue weighted by Gasteiger charge is 2.35. The fourth-order valence-corrected chi connectivity index (χ4v) is 4.10. The molecule has 1 atom stereocenters. The van der Waals surface area contributed by atoms with Gasteiger partial charge in [0, 0.05) is 38.8 Å². The summed E-state index contributed by atoms with van der Waals surface area (Å²) in [6, 6.07) is 0.0735. The molecule has 0 saturated carbocycles. The first-order valence-corrected chi connectivity index (χ1v) is 7.00. The van der Waals surface area contributed by atoms with Crippen molar-refractivity contribution in [2.24, 2.45) is 0 Å². The third-order valence-corrected chi connectivity index (χ3v) is 5.28. The topological polar surface area (TPSA) is 52.7 Å². The van der Waals surface area contributed by atoms with E-state index in [4.69, 9.17) is 0 Å². The zero-order chi connectivity index (χ0) is 10.9. The molecule has 1 N–H and O–H groups in total. The maximum absolute atomic E-state index is 12.2. The molecule has 15 heavy (non-hydrogen) atoms. The lowest BCUT2D eigenvalue weighted by molar-refractivity contribution is 0.263. The van der Waals surface area contributed by atoms with Crippen LogP contribution in [0.1, 0.15) is 19.8 Å². The molecule has 0 spiro atoms. The van der Waals surface area contributed by atoms with Gasteiger partial charge >= 0.3 is 0 Å². The largest absolute Gasteiger partial charge is 0.314 e. The minimum Gasteiger partial charge on any atom is -0.314 e. The van der Waals surface area contributed by atoms with Crippen molar-refractivity contribution in [3.63, 3.8) is 0 Å². The Morgan fingerprint density at radius 2 is 1.87 bits per heavy atom. The Bertz CT molecular complexity index is 311. The summed E-state index contributed by atoms with van der Waals surface area (Å²) in [5.74, 6) is 0. The predicted octanol–water partition coefficient (Wildman–Crippen LogP) is -0.379. The molecule has 2 fully saturated rings. The Morgan fingerprint density at radius 3 is 2.47 bits per heavy atom. The molecule has 0 aromatic heterocycles. The molecule has 0 aromatic rings. The summed E-state index contributed by atoms with van der Waals surface area (Å²) < 4.78 is 27.7. The molecule has 1 unspecified atom stereocenters. The Hall–Kier alpha value is -0.170. The van der Waals surface area contributed by atoms with E-state index in [-0.39, 0.29) is 6.04 Å². The van der Waals surface area contributed by atoms with Gasteiger partial charge in [-0.2, -0.15) is 17.0 Å². The van der Waals surface area contributed by atoms with Gasteiger partial charge in [0.25, 0.3) is 10.2 Å². The summed E-state index contributed by atoms with van der Waals surface area (Å²) >= 11 is 0. The standard InChI is InChI=1S/C9H19N3O2S/c1-9-8-10-4-7-12(9)15(13,14)11-5-2-3-6-11/h9-10H,2-8H2,1H3. The van der Waals surface area contributed by atoms with Gasteiger partial charge < -0.3 is 5.32 Å². The molecule has 88 valence electrons. The van der Waals surface area contributed by atoms with Gasteiger partial charge in [-0.15, -0.1) is 0 Å². The van der Waals surface area contributed by atoms with Crippen molar-refractivity contribution in [3.05, 3.63) is 0 Å². The van der Waals surface area contributed by atoms with Crippen LogP contribution in [0.4, 0.5) is 0 Å². The van der Waals surface area contributed by atoms with Crippen LogP contribution in [0.5, 0.6) is 0 Å². The van der Waals surface area contributed by atoms with Crippen molar-refractivity contribution in [3.8, 4) is 0 Å². The quantitative estimate of drug-likeness (QED) is 0.707. The van der Waals surface area contributed by atoms with Crippen molar-refractivity contribution < 1.29 is 8.42 Å². The molecule has 0 amide bonds. The first kappa shape index (κ1) is 11.3. The van der Waals surface area contributed by atoms with E-state index in [2.05, 4.69) is 5.32 Å². The summed E-state index contributed by atoms with van der Waals surface area (Å²) in [5.41, 5.74) is 0. The maximum Gasteiger partial charge on any atom is 0.282 e. The third-order valence-electron chi connectivity index (χ3n) is 3.13. The number of nitrogens with one attached hydrogen (secondary N) is 1. The second-order valence-corrected chi connectivity index (χ2v) is 6.16. The average molecular weight is 233 g/mol. The summed E-state index contributed by atoms with van der Waals surface area (Å²) in [7, 11) is -3.18. The van der Waals surface area contributed by atoms with Crippen LogP contribution in [-0.2, 0) is 10.2 Å². The van der Waals surface area contributed by atoms with Crippen molar-refractivity contribution in [1.82, 2.24) is 13.9 Å². The normalized spacial score (nSPS) is 30.9. The molecule has 2 rings (SSSR count). The molecule has 5 nitrogen and oxygen atoms in total. The van der Waals surface area contributed by atoms with Gasteiger partial charge in [-0.05, 0) is 19.8 Å². The first-order valence-electron chi connectivity index (χ1n) is 5.60. The van der Waals surface area contributed by atoms with Gasteiger partial charge in [-0.3, -0.25) is 0 Å². The van der Waals surface area contributed by atoms with Gasteiger partial charge in [0.05, 0.1) is 0 Å². The Labute approximate surface area is 91.6 Å². The van der Waals surface area contributed by atoms with Crippen LogP contribution in [0.3, 0.4) is 0 Å². The van der Waals surface area contributed by atoms with E-state index in [0.29, 0.717) is 19.6 Å². The Kier molecular flexibility index (Phi) is 3.30. The molecule has 6 heteroatoms. The van der Waals surface area contributed by atoms with Crippen LogP contribution in [0, 0.1) is 0 Å². The molecule has 2 aliphatic heterocycles. The second kappa shape index (κ2) is 4.37. The monoisotopic (exact) mass is 233 g/mol. The lowest BCUT2D eigenvalue weighted by Gasteiger charge is -2.35. The smallest absolute Gasteiger partial charge is 0.282 e. The molecule has 0 aromatic carbocycles. The minimum atomic E-state index is -3.18. The fraction of sp³-hybridized carbons (Fsp3) is 1.00. The lowest BCUT2D eigenvalue weighted by Crippen LogP contribution is -2.55. The summed E-state index contributed by atoms with van der Waals surface area (Å²) in [6.45, 7) is 5.46. The molecule has 2 heterocycles. The molecule has 0 radical (unpaired) electrons. The van der Waals surface area contributed by atoms with E-state index < -0.39 is 10.2 Å². The molecular formula is C9H19N3O2S. The molecule has 2 saturated heterocycles. The lowest BCUT2D eigenvalue weighted by atomic mass is 10.3. The molecule has 2 aliphatic rings. The van der Waals surface area contributed by atoms with Crippen LogP contribution in [0.25, 0.3) is 0 Å². The fourth-order valence-electron chi connectivity index (χ4n) is 2.23. The molecule has 0 bridgehead atoms. The maximum atomic E-state index is 12.2. The number of rotatable bonds is 2. The van der Waals surface area contributed by atoms with Crippen LogP contribution < -0.4 is 5.32 Å². The van der Waals surface area contributed by atoms with Crippen molar-refractivity contribution in [2.45, 2.75) is 25.8 Å². The third kappa shape index (κ3) is 2.18. The van der Waals surface area contributed by atoms with Crippen LogP contribution in [0.15, 0.2) is 0 Å². The van der Waals surface area contributed by atoms with Gasteiger partial charge in [0.2, 0.25) is 0 Å². The number of piperazine rings is 1. The molecule has 0 aliphatic carbocycles. The van der Waals surface area contributed by atoms with Crippen molar-refractivity contribution >= 4 is 10.2 Å². The number of nitrogens with zero attached hydrogens (tertiary/aromatic N) is 2. The van der Waals surface area contributed by atoms with Gasteiger partial charge in [0.15, 0.2) is 0 Å². The average Bonchev–Trinajstić information content (AvgIpc) is 2.71. The zero-order valence-electron chi connectivity index (χ0n) is 9.15. The van der Waals surface area contributed by atoms with Crippen molar-refractivity contribution in [2.75, 3.05) is 32.7 Å². The summed E-state index contributed by atoms with van der Waals surface area (Å²) in [4.78, 5) is 0. The van der Waals surface area contributed by atoms with E-state index in [1.165, 1.54) is 0 Å².